The summed E-state index contributed by atoms with van der Waals surface area (Å²) in [5.74, 6) is -1.07. The number of nitrogens with zero attached hydrogens (tertiary/aromatic N) is 1. The molecule has 0 aliphatic rings. The highest BCUT2D eigenvalue weighted by molar-refractivity contribution is 6.31. The van der Waals surface area contributed by atoms with E-state index in [1.807, 2.05) is 0 Å². The smallest absolute Gasteiger partial charge is 0.358 e. The van der Waals surface area contributed by atoms with E-state index in [0.717, 1.165) is 0 Å². The summed E-state index contributed by atoms with van der Waals surface area (Å²) in [4.78, 5) is 10.7. The van der Waals surface area contributed by atoms with E-state index in [0.29, 0.717) is 16.1 Å². The summed E-state index contributed by atoms with van der Waals surface area (Å²) in [6.07, 6.45) is 0. The minimum Gasteiger partial charge on any atom is -0.507 e. The van der Waals surface area contributed by atoms with Crippen molar-refractivity contribution in [3.05, 3.63) is 34.5 Å². The van der Waals surface area contributed by atoms with E-state index in [2.05, 4.69) is 5.16 Å². The number of benzene rings is 1. The van der Waals surface area contributed by atoms with Crippen LogP contribution in [0.15, 0.2) is 22.7 Å². The van der Waals surface area contributed by atoms with Gasteiger partial charge in [-0.3, -0.25) is 0 Å². The molecule has 0 saturated carbocycles. The first-order chi connectivity index (χ1) is 8.00. The zero-order valence-corrected chi connectivity index (χ0v) is 9.52. The zero-order valence-electron chi connectivity index (χ0n) is 8.77. The molecule has 0 aliphatic heterocycles. The van der Waals surface area contributed by atoms with Gasteiger partial charge in [0, 0.05) is 11.1 Å². The van der Waals surface area contributed by atoms with Crippen molar-refractivity contribution >= 4 is 17.6 Å². The summed E-state index contributed by atoms with van der Waals surface area (Å²) in [6.45, 7) is 1.69. The number of halogens is 1. The van der Waals surface area contributed by atoms with E-state index in [9.17, 15) is 9.90 Å². The molecule has 2 aromatic rings. The molecule has 0 radical (unpaired) electrons. The quantitative estimate of drug-likeness (QED) is 0.860. The molecule has 2 N–H and O–H groups in total. The van der Waals surface area contributed by atoms with Gasteiger partial charge in [-0.2, -0.15) is 0 Å². The second kappa shape index (κ2) is 4.10. The van der Waals surface area contributed by atoms with Gasteiger partial charge in [-0.15, -0.1) is 0 Å². The molecule has 0 aliphatic carbocycles. The first-order valence-corrected chi connectivity index (χ1v) is 5.07. The molecule has 0 spiro atoms. The maximum Gasteiger partial charge on any atom is 0.358 e. The highest BCUT2D eigenvalue weighted by atomic mass is 35.5. The molecule has 1 aromatic carbocycles. The molecular formula is C11H8ClNO4. The second-order valence-corrected chi connectivity index (χ2v) is 3.86. The second-order valence-electron chi connectivity index (χ2n) is 3.45. The third-order valence-corrected chi connectivity index (χ3v) is 2.76. The van der Waals surface area contributed by atoms with E-state index in [1.54, 1.807) is 13.0 Å². The van der Waals surface area contributed by atoms with Crippen LogP contribution in [0.4, 0.5) is 0 Å². The van der Waals surface area contributed by atoms with Crippen molar-refractivity contribution in [1.82, 2.24) is 5.16 Å². The van der Waals surface area contributed by atoms with Gasteiger partial charge in [-0.25, -0.2) is 4.79 Å². The van der Waals surface area contributed by atoms with Crippen LogP contribution in [-0.2, 0) is 0 Å². The van der Waals surface area contributed by atoms with Gasteiger partial charge >= 0.3 is 5.97 Å². The molecule has 5 nitrogen and oxygen atoms in total. The Morgan fingerprint density at radius 2 is 2.18 bits per heavy atom. The number of hydrogen-bond donors (Lipinski definition) is 2. The van der Waals surface area contributed by atoms with Crippen LogP contribution < -0.4 is 0 Å². The van der Waals surface area contributed by atoms with Crippen LogP contribution in [0.1, 0.15) is 16.1 Å². The van der Waals surface area contributed by atoms with Crippen molar-refractivity contribution in [2.75, 3.05) is 0 Å². The number of aromatic hydroxyl groups is 1. The molecule has 0 saturated heterocycles. The molecule has 17 heavy (non-hydrogen) atoms. The lowest BCUT2D eigenvalue weighted by molar-refractivity contribution is 0.0686. The minimum atomic E-state index is -1.20. The first-order valence-electron chi connectivity index (χ1n) is 4.69. The van der Waals surface area contributed by atoms with Gasteiger partial charge in [0.25, 0.3) is 0 Å². The molecule has 0 atom stereocenters. The fourth-order valence-corrected chi connectivity index (χ4v) is 1.63. The van der Waals surface area contributed by atoms with E-state index < -0.39 is 5.97 Å². The number of carboxylic acid groups (broad SMARTS) is 1. The number of phenols is 1. The van der Waals surface area contributed by atoms with E-state index in [-0.39, 0.29) is 17.2 Å². The number of aromatic carboxylic acids is 1. The summed E-state index contributed by atoms with van der Waals surface area (Å²) in [7, 11) is 0. The van der Waals surface area contributed by atoms with Gasteiger partial charge < -0.3 is 14.7 Å². The number of phenolic OH excluding ortho intramolecular Hbond substituents is 1. The Hall–Kier alpha value is -2.01. The molecule has 1 aromatic heterocycles. The maximum atomic E-state index is 10.7. The average molecular weight is 254 g/mol. The number of hydrogen-bond acceptors (Lipinski definition) is 4. The Labute approximate surface area is 101 Å². The number of carbonyl (C=O) groups is 1. The first kappa shape index (κ1) is 11.5. The summed E-state index contributed by atoms with van der Waals surface area (Å²) in [5, 5.41) is 22.3. The Bertz CT molecular complexity index is 591. The number of carboxylic acids is 1. The molecule has 6 heteroatoms. The minimum absolute atomic E-state index is 0.0417. The van der Waals surface area contributed by atoms with E-state index in [1.165, 1.54) is 12.1 Å². The third kappa shape index (κ3) is 1.97. The average Bonchev–Trinajstić information content (AvgIpc) is 2.73. The molecule has 0 fully saturated rings. The third-order valence-electron chi connectivity index (χ3n) is 2.35. The van der Waals surface area contributed by atoms with Gasteiger partial charge in [-0.05, 0) is 24.6 Å². The van der Waals surface area contributed by atoms with Crippen LogP contribution in [0.2, 0.25) is 5.02 Å². The van der Waals surface area contributed by atoms with Crippen LogP contribution in [0.3, 0.4) is 0 Å². The SMILES string of the molecule is Cc1c(Cl)ccc(O)c1-c1cc(C(=O)O)no1. The Morgan fingerprint density at radius 1 is 1.47 bits per heavy atom. The highest BCUT2D eigenvalue weighted by Crippen LogP contribution is 2.36. The monoisotopic (exact) mass is 253 g/mol. The molecule has 0 bridgehead atoms. The predicted octanol–water partition coefficient (Wildman–Crippen LogP) is 2.71. The molecule has 1 heterocycles. The molecular weight excluding hydrogens is 246 g/mol. The lowest BCUT2D eigenvalue weighted by Crippen LogP contribution is -1.94. The zero-order chi connectivity index (χ0) is 12.6. The molecule has 0 unspecified atom stereocenters. The van der Waals surface area contributed by atoms with Crippen molar-refractivity contribution in [3.63, 3.8) is 0 Å². The van der Waals surface area contributed by atoms with Crippen LogP contribution in [0.25, 0.3) is 11.3 Å². The van der Waals surface area contributed by atoms with Crippen molar-refractivity contribution in [2.24, 2.45) is 0 Å². The predicted molar refractivity (Wildman–Crippen MR) is 60.3 cm³/mol. The van der Waals surface area contributed by atoms with Crippen LogP contribution >= 0.6 is 11.6 Å². The van der Waals surface area contributed by atoms with Gasteiger partial charge in [0.15, 0.2) is 11.5 Å². The molecule has 88 valence electrons. The van der Waals surface area contributed by atoms with Crippen molar-refractivity contribution in [3.8, 4) is 17.1 Å². The van der Waals surface area contributed by atoms with Crippen molar-refractivity contribution < 1.29 is 19.5 Å². The fraction of sp³-hybridized carbons (Fsp3) is 0.0909. The van der Waals surface area contributed by atoms with E-state index in [4.69, 9.17) is 21.2 Å². The van der Waals surface area contributed by atoms with Gasteiger partial charge in [0.05, 0.1) is 5.56 Å². The maximum absolute atomic E-state index is 10.7. The van der Waals surface area contributed by atoms with E-state index >= 15 is 0 Å². The summed E-state index contributed by atoms with van der Waals surface area (Å²) in [5.41, 5.74) is 0.719. The highest BCUT2D eigenvalue weighted by Gasteiger charge is 2.18. The fourth-order valence-electron chi connectivity index (χ4n) is 1.48. The van der Waals surface area contributed by atoms with Gasteiger partial charge in [0.1, 0.15) is 5.75 Å². The summed E-state index contributed by atoms with van der Waals surface area (Å²) in [6, 6.07) is 4.19. The largest absolute Gasteiger partial charge is 0.507 e. The Balaban J connectivity index is 2.60. The Morgan fingerprint density at radius 3 is 2.76 bits per heavy atom. The lowest BCUT2D eigenvalue weighted by atomic mass is 10.0. The number of aromatic nitrogens is 1. The normalized spacial score (nSPS) is 10.5. The molecule has 2 rings (SSSR count). The summed E-state index contributed by atoms with van der Waals surface area (Å²) >= 11 is 5.92. The summed E-state index contributed by atoms with van der Waals surface area (Å²) < 4.78 is 4.88. The van der Waals surface area contributed by atoms with Crippen LogP contribution in [0, 0.1) is 6.92 Å². The van der Waals surface area contributed by atoms with Gasteiger partial charge in [0.2, 0.25) is 0 Å². The standard InChI is InChI=1S/C11H8ClNO4/c1-5-6(12)2-3-8(14)10(5)9-4-7(11(15)16)13-17-9/h2-4,14H,1H3,(H,15,16). The van der Waals surface area contributed by atoms with Crippen LogP contribution in [0.5, 0.6) is 5.75 Å². The lowest BCUT2D eigenvalue weighted by Gasteiger charge is -2.06. The topological polar surface area (TPSA) is 83.6 Å². The van der Waals surface area contributed by atoms with Crippen molar-refractivity contribution in [1.29, 1.82) is 0 Å². The van der Waals surface area contributed by atoms with Crippen molar-refractivity contribution in [2.45, 2.75) is 6.92 Å². The number of rotatable bonds is 2. The van der Waals surface area contributed by atoms with Crippen LogP contribution in [-0.4, -0.2) is 21.3 Å². The van der Waals surface area contributed by atoms with Gasteiger partial charge in [-0.1, -0.05) is 16.8 Å². The molecule has 0 amide bonds. The Kier molecular flexibility index (Phi) is 2.77.